The van der Waals surface area contributed by atoms with Crippen molar-refractivity contribution >= 4 is 5.97 Å². The van der Waals surface area contributed by atoms with Crippen LogP contribution in [-0.2, 0) is 26.6 Å². The Balaban J connectivity index is 0.000000256. The molecule has 2 aliphatic carbocycles. The molecule has 0 amide bonds. The second-order valence-electron chi connectivity index (χ2n) is 3.92. The van der Waals surface area contributed by atoms with Gasteiger partial charge >= 0.3 is 23.0 Å². The molecule has 1 aliphatic heterocycles. The van der Waals surface area contributed by atoms with Gasteiger partial charge in [0.25, 0.3) is 0 Å². The van der Waals surface area contributed by atoms with Crippen LogP contribution in [-0.4, -0.2) is 5.97 Å². The molecule has 0 aromatic carbocycles. The van der Waals surface area contributed by atoms with E-state index in [1.54, 1.807) is 13.0 Å². The van der Waals surface area contributed by atoms with Gasteiger partial charge in [0.15, 0.2) is 0 Å². The summed E-state index contributed by atoms with van der Waals surface area (Å²) >= 11 is 0. The van der Waals surface area contributed by atoms with E-state index >= 15 is 0 Å². The summed E-state index contributed by atoms with van der Waals surface area (Å²) in [6.45, 7) is 1.77. The fourth-order valence-corrected chi connectivity index (χ4v) is 1.60. The summed E-state index contributed by atoms with van der Waals surface area (Å²) in [6.07, 6.45) is 21.3. The van der Waals surface area contributed by atoms with Crippen LogP contribution in [0.2, 0.25) is 0 Å². The van der Waals surface area contributed by atoms with Gasteiger partial charge in [-0.25, -0.2) is 4.79 Å². The molecule has 2 saturated carbocycles. The van der Waals surface area contributed by atoms with E-state index in [4.69, 9.17) is 4.74 Å². The van der Waals surface area contributed by atoms with Crippen molar-refractivity contribution in [1.29, 1.82) is 0 Å². The smallest absolute Gasteiger partial charge is 0.428 e. The van der Waals surface area contributed by atoms with Crippen LogP contribution in [0.15, 0.2) is 23.5 Å². The average molecular weight is 294 g/mol. The fraction of sp³-hybridized carbons (Fsp3) is 0.0625. The number of allylic oxidation sites excluding steroid dienone is 2. The normalized spacial score (nSPS) is 24.6. The van der Waals surface area contributed by atoms with Gasteiger partial charge in [-0.3, -0.25) is 0 Å². The molecule has 10 radical (unpaired) electrons. The molecule has 0 aromatic heterocycles. The predicted octanol–water partition coefficient (Wildman–Crippen LogP) is 2.80. The van der Waals surface area contributed by atoms with Crippen molar-refractivity contribution in [3.8, 4) is 0 Å². The zero-order chi connectivity index (χ0) is 12.8. The van der Waals surface area contributed by atoms with Crippen LogP contribution in [0, 0.1) is 63.7 Å². The van der Waals surface area contributed by atoms with Gasteiger partial charge in [0.05, 0.1) is 5.57 Å². The maximum absolute atomic E-state index is 11.2. The van der Waals surface area contributed by atoms with Crippen LogP contribution >= 0.6 is 0 Å². The maximum Gasteiger partial charge on any atom is 2.00 e. The maximum atomic E-state index is 11.2. The molecule has 0 atom stereocenters. The van der Waals surface area contributed by atoms with E-state index in [9.17, 15) is 4.79 Å². The van der Waals surface area contributed by atoms with Crippen molar-refractivity contribution in [3.63, 3.8) is 0 Å². The van der Waals surface area contributed by atoms with E-state index in [2.05, 4.69) is 0 Å². The summed E-state index contributed by atoms with van der Waals surface area (Å²) in [5, 5.41) is 0. The predicted molar refractivity (Wildman–Crippen MR) is 69.9 cm³/mol. The summed E-state index contributed by atoms with van der Waals surface area (Å²) in [6, 6.07) is 0. The summed E-state index contributed by atoms with van der Waals surface area (Å²) in [4.78, 5) is 11.2. The molecule has 3 rings (SSSR count). The van der Waals surface area contributed by atoms with Gasteiger partial charge in [-0.15, -0.1) is 0 Å². The minimum atomic E-state index is -0.265. The van der Waals surface area contributed by atoms with Crippen LogP contribution < -0.4 is 0 Å². The summed E-state index contributed by atoms with van der Waals surface area (Å²) < 4.78 is 4.88. The number of rotatable bonds is 1. The Bertz CT molecular complexity index is 340. The van der Waals surface area contributed by atoms with Gasteiger partial charge < -0.3 is 4.74 Å². The van der Waals surface area contributed by atoms with Crippen LogP contribution in [0.4, 0.5) is 0 Å². The second kappa shape index (κ2) is 8.60. The van der Waals surface area contributed by atoms with Crippen LogP contribution in [0.3, 0.4) is 0 Å². The molecule has 96 valence electrons. The van der Waals surface area contributed by atoms with Crippen molar-refractivity contribution < 1.29 is 26.6 Å². The topological polar surface area (TPSA) is 26.3 Å². The largest absolute Gasteiger partial charge is 2.00 e. The van der Waals surface area contributed by atoms with Crippen LogP contribution in [0.25, 0.3) is 0 Å². The Kier molecular flexibility index (Phi) is 7.48. The zero-order valence-electron chi connectivity index (χ0n) is 10.5. The van der Waals surface area contributed by atoms with Gasteiger partial charge in [0.1, 0.15) is 5.76 Å². The molecule has 0 aromatic rings. The molecule has 19 heavy (non-hydrogen) atoms. The van der Waals surface area contributed by atoms with Crippen LogP contribution in [0.1, 0.15) is 6.92 Å². The Morgan fingerprint density at radius 3 is 1.89 bits per heavy atom. The second-order valence-corrected chi connectivity index (χ2v) is 3.92. The van der Waals surface area contributed by atoms with Gasteiger partial charge in [-0.1, -0.05) is 6.08 Å². The molecule has 2 nitrogen and oxygen atoms in total. The average Bonchev–Trinajstić information content (AvgIpc) is 3.06. The van der Waals surface area contributed by atoms with E-state index in [0.29, 0.717) is 11.3 Å². The van der Waals surface area contributed by atoms with Gasteiger partial charge in [0, 0.05) is 5.92 Å². The number of ether oxygens (including phenoxy) is 1. The van der Waals surface area contributed by atoms with Crippen molar-refractivity contribution in [3.05, 3.63) is 87.2 Å². The minimum Gasteiger partial charge on any atom is -0.428 e. The molecule has 0 unspecified atom stereocenters. The Hall–Kier alpha value is -0.531. The van der Waals surface area contributed by atoms with Gasteiger partial charge in [-0.2, -0.15) is 0 Å². The number of cyclic esters (lactones) is 1. The number of hydrogen-bond donors (Lipinski definition) is 0. The minimum absolute atomic E-state index is 0. The summed E-state index contributed by atoms with van der Waals surface area (Å²) in [5.74, 6) is 1.42. The Labute approximate surface area is 127 Å². The fourth-order valence-electron chi connectivity index (χ4n) is 1.60. The zero-order valence-corrected chi connectivity index (χ0v) is 11.6. The first-order valence-electron chi connectivity index (χ1n) is 5.76. The molecule has 2 fully saturated rings. The third-order valence-corrected chi connectivity index (χ3v) is 2.41. The van der Waals surface area contributed by atoms with E-state index in [1.807, 2.05) is 63.9 Å². The summed E-state index contributed by atoms with van der Waals surface area (Å²) in [7, 11) is 0. The molecule has 0 N–H and O–H groups in total. The standard InChI is InChI=1S/C11H9O2.C5H5.Fe/c1-8-6-10(11(12)13-8)7-9-4-2-3-5-9;1-2-4-5-3-1;/h2-7H,1H3;1-5H;/q;;+2/b10-7+;;. The van der Waals surface area contributed by atoms with Crippen molar-refractivity contribution in [1.82, 2.24) is 0 Å². The molecule has 0 spiro atoms. The molecule has 1 heterocycles. The molecular formula is C16H14FeO2+2. The number of hydrogen-bond acceptors (Lipinski definition) is 2. The van der Waals surface area contributed by atoms with Crippen LogP contribution in [0.5, 0.6) is 0 Å². The SMILES string of the molecule is CC1=C/C(=C\[C]2[CH][CH][CH][CH]2)C(=O)O1.[CH]1[CH][CH][CH][CH]1.[Fe+2]. The number of esters is 1. The van der Waals surface area contributed by atoms with Gasteiger partial charge in [-0.05, 0) is 70.8 Å². The van der Waals surface area contributed by atoms with E-state index in [0.717, 1.165) is 5.92 Å². The third-order valence-electron chi connectivity index (χ3n) is 2.41. The molecule has 0 saturated heterocycles. The quantitative estimate of drug-likeness (QED) is 0.422. The van der Waals surface area contributed by atoms with Gasteiger partial charge in [0.2, 0.25) is 0 Å². The molecule has 0 bridgehead atoms. The number of carbonyl (C=O) groups is 1. The van der Waals surface area contributed by atoms with E-state index in [-0.39, 0.29) is 23.0 Å². The molecular weight excluding hydrogens is 280 g/mol. The van der Waals surface area contributed by atoms with Crippen molar-refractivity contribution in [2.24, 2.45) is 0 Å². The monoisotopic (exact) mass is 294 g/mol. The third kappa shape index (κ3) is 5.54. The Morgan fingerprint density at radius 2 is 1.47 bits per heavy atom. The van der Waals surface area contributed by atoms with E-state index in [1.165, 1.54) is 0 Å². The first-order valence-corrected chi connectivity index (χ1v) is 5.76. The first kappa shape index (κ1) is 16.5. The number of carbonyl (C=O) groups excluding carboxylic acids is 1. The van der Waals surface area contributed by atoms with E-state index < -0.39 is 0 Å². The Morgan fingerprint density at radius 1 is 0.947 bits per heavy atom. The van der Waals surface area contributed by atoms with Crippen molar-refractivity contribution in [2.75, 3.05) is 0 Å². The first-order chi connectivity index (χ1) is 8.75. The molecule has 3 heteroatoms. The van der Waals surface area contributed by atoms with Crippen molar-refractivity contribution in [2.45, 2.75) is 6.92 Å². The molecule has 3 aliphatic rings. The summed E-state index contributed by atoms with van der Waals surface area (Å²) in [5.41, 5.74) is 0.615.